The zero-order valence-electron chi connectivity index (χ0n) is 12.0. The second kappa shape index (κ2) is 9.10. The van der Waals surface area contributed by atoms with Gasteiger partial charge in [0, 0.05) is 13.0 Å². The predicted molar refractivity (Wildman–Crippen MR) is 77.8 cm³/mol. The standard InChI is InChI=1S/C15H28N2O2/c1-2-3-10-19-11-9-17-14(18)12-15(13-16)7-5-4-6-8-15/h2H,1,3-13,16H2,(H,17,18). The number of amides is 1. The van der Waals surface area contributed by atoms with Crippen LogP contribution in [0.15, 0.2) is 12.7 Å². The molecule has 1 rings (SSSR count). The minimum Gasteiger partial charge on any atom is -0.379 e. The zero-order chi connectivity index (χ0) is 14.0. The molecule has 1 aliphatic rings. The molecule has 1 saturated carbocycles. The van der Waals surface area contributed by atoms with Crippen molar-refractivity contribution in [1.29, 1.82) is 0 Å². The van der Waals surface area contributed by atoms with E-state index in [4.69, 9.17) is 10.5 Å². The van der Waals surface area contributed by atoms with Crippen molar-refractivity contribution in [1.82, 2.24) is 5.32 Å². The van der Waals surface area contributed by atoms with Gasteiger partial charge in [-0.1, -0.05) is 25.3 Å². The lowest BCUT2D eigenvalue weighted by atomic mass is 9.72. The Labute approximate surface area is 116 Å². The van der Waals surface area contributed by atoms with Crippen molar-refractivity contribution in [2.75, 3.05) is 26.3 Å². The van der Waals surface area contributed by atoms with Crippen molar-refractivity contribution in [3.05, 3.63) is 12.7 Å². The molecule has 0 heterocycles. The van der Waals surface area contributed by atoms with Crippen LogP contribution in [0.4, 0.5) is 0 Å². The first kappa shape index (κ1) is 16.2. The van der Waals surface area contributed by atoms with Crippen LogP contribution in [0, 0.1) is 5.41 Å². The van der Waals surface area contributed by atoms with Gasteiger partial charge in [0.05, 0.1) is 13.2 Å². The molecule has 110 valence electrons. The predicted octanol–water partition coefficient (Wildman–Crippen LogP) is 1.99. The third-order valence-electron chi connectivity index (χ3n) is 3.92. The van der Waals surface area contributed by atoms with Crippen molar-refractivity contribution in [3.63, 3.8) is 0 Å². The third-order valence-corrected chi connectivity index (χ3v) is 3.92. The van der Waals surface area contributed by atoms with E-state index >= 15 is 0 Å². The fourth-order valence-electron chi connectivity index (χ4n) is 2.69. The lowest BCUT2D eigenvalue weighted by Gasteiger charge is -2.35. The summed E-state index contributed by atoms with van der Waals surface area (Å²) in [6, 6.07) is 0. The molecule has 3 N–H and O–H groups in total. The molecule has 0 saturated heterocycles. The number of hydrogen-bond donors (Lipinski definition) is 2. The van der Waals surface area contributed by atoms with Crippen molar-refractivity contribution < 1.29 is 9.53 Å². The summed E-state index contributed by atoms with van der Waals surface area (Å²) in [6.45, 7) is 6.07. The number of carbonyl (C=O) groups excluding carboxylic acids is 1. The van der Waals surface area contributed by atoms with Crippen LogP contribution in [0.5, 0.6) is 0 Å². The number of hydrogen-bond acceptors (Lipinski definition) is 3. The molecule has 1 aliphatic carbocycles. The Morgan fingerprint density at radius 1 is 1.32 bits per heavy atom. The number of carbonyl (C=O) groups is 1. The lowest BCUT2D eigenvalue weighted by Crippen LogP contribution is -2.39. The van der Waals surface area contributed by atoms with Gasteiger partial charge in [0.15, 0.2) is 0 Å². The molecule has 1 amide bonds. The largest absolute Gasteiger partial charge is 0.379 e. The maximum atomic E-state index is 11.9. The van der Waals surface area contributed by atoms with Crippen molar-refractivity contribution >= 4 is 5.91 Å². The van der Waals surface area contributed by atoms with Gasteiger partial charge in [-0.25, -0.2) is 0 Å². The Kier molecular flexibility index (Phi) is 7.75. The average molecular weight is 268 g/mol. The van der Waals surface area contributed by atoms with E-state index in [0.717, 1.165) is 19.3 Å². The van der Waals surface area contributed by atoms with Gasteiger partial charge in [0.1, 0.15) is 0 Å². The van der Waals surface area contributed by atoms with Gasteiger partial charge in [-0.05, 0) is 31.2 Å². The Hall–Kier alpha value is -0.870. The normalized spacial score (nSPS) is 17.9. The molecular weight excluding hydrogens is 240 g/mol. The molecule has 0 aromatic heterocycles. The van der Waals surface area contributed by atoms with Crippen LogP contribution in [0.3, 0.4) is 0 Å². The third kappa shape index (κ3) is 6.21. The quantitative estimate of drug-likeness (QED) is 0.496. The van der Waals surface area contributed by atoms with Crippen LogP contribution in [0.2, 0.25) is 0 Å². The van der Waals surface area contributed by atoms with Gasteiger partial charge >= 0.3 is 0 Å². The fraction of sp³-hybridized carbons (Fsp3) is 0.800. The fourth-order valence-corrected chi connectivity index (χ4v) is 2.69. The summed E-state index contributed by atoms with van der Waals surface area (Å²) in [5, 5.41) is 2.92. The second-order valence-electron chi connectivity index (χ2n) is 5.48. The summed E-state index contributed by atoms with van der Waals surface area (Å²) in [5.41, 5.74) is 5.93. The van der Waals surface area contributed by atoms with Crippen molar-refractivity contribution in [2.45, 2.75) is 44.9 Å². The van der Waals surface area contributed by atoms with E-state index in [-0.39, 0.29) is 11.3 Å². The summed E-state index contributed by atoms with van der Waals surface area (Å²) >= 11 is 0. The van der Waals surface area contributed by atoms with Gasteiger partial charge in [0.2, 0.25) is 5.91 Å². The molecule has 0 radical (unpaired) electrons. The van der Waals surface area contributed by atoms with E-state index in [1.807, 2.05) is 6.08 Å². The Morgan fingerprint density at radius 2 is 2.05 bits per heavy atom. The Bertz CT molecular complexity index is 273. The molecule has 4 heteroatoms. The highest BCUT2D eigenvalue weighted by Crippen LogP contribution is 2.38. The van der Waals surface area contributed by atoms with Crippen LogP contribution in [0.1, 0.15) is 44.9 Å². The summed E-state index contributed by atoms with van der Waals surface area (Å²) in [4.78, 5) is 11.9. The topological polar surface area (TPSA) is 64.3 Å². The molecule has 4 nitrogen and oxygen atoms in total. The van der Waals surface area contributed by atoms with E-state index in [2.05, 4.69) is 11.9 Å². The smallest absolute Gasteiger partial charge is 0.220 e. The van der Waals surface area contributed by atoms with E-state index < -0.39 is 0 Å². The molecule has 0 aromatic carbocycles. The highest BCUT2D eigenvalue weighted by atomic mass is 16.5. The van der Waals surface area contributed by atoms with Gasteiger partial charge in [-0.2, -0.15) is 0 Å². The van der Waals surface area contributed by atoms with Crippen LogP contribution in [0.25, 0.3) is 0 Å². The molecule has 0 aromatic rings. The molecular formula is C15H28N2O2. The van der Waals surface area contributed by atoms with Crippen molar-refractivity contribution in [3.8, 4) is 0 Å². The SMILES string of the molecule is C=CCCOCCNC(=O)CC1(CN)CCCCC1. The van der Waals surface area contributed by atoms with Crippen LogP contribution in [-0.4, -0.2) is 32.2 Å². The monoisotopic (exact) mass is 268 g/mol. The first-order valence-corrected chi connectivity index (χ1v) is 7.38. The first-order valence-electron chi connectivity index (χ1n) is 7.38. The summed E-state index contributed by atoms with van der Waals surface area (Å²) in [7, 11) is 0. The van der Waals surface area contributed by atoms with E-state index in [0.29, 0.717) is 32.7 Å². The van der Waals surface area contributed by atoms with Crippen LogP contribution in [-0.2, 0) is 9.53 Å². The van der Waals surface area contributed by atoms with E-state index in [9.17, 15) is 4.79 Å². The lowest BCUT2D eigenvalue weighted by molar-refractivity contribution is -0.124. The number of nitrogens with two attached hydrogens (primary N) is 1. The zero-order valence-corrected chi connectivity index (χ0v) is 12.0. The minimum atomic E-state index is 0.0476. The summed E-state index contributed by atoms with van der Waals surface area (Å²) in [6.07, 6.45) is 9.11. The highest BCUT2D eigenvalue weighted by Gasteiger charge is 2.32. The molecule has 19 heavy (non-hydrogen) atoms. The Morgan fingerprint density at radius 3 is 2.68 bits per heavy atom. The summed E-state index contributed by atoms with van der Waals surface area (Å²) < 4.78 is 5.36. The molecule has 1 fully saturated rings. The van der Waals surface area contributed by atoms with Gasteiger partial charge in [-0.3, -0.25) is 4.79 Å². The molecule has 0 bridgehead atoms. The number of nitrogens with one attached hydrogen (secondary N) is 1. The minimum absolute atomic E-state index is 0.0476. The second-order valence-corrected chi connectivity index (χ2v) is 5.48. The molecule has 0 aliphatic heterocycles. The maximum Gasteiger partial charge on any atom is 0.220 e. The van der Waals surface area contributed by atoms with Gasteiger partial charge in [0.25, 0.3) is 0 Å². The molecule has 0 unspecified atom stereocenters. The molecule has 0 atom stereocenters. The maximum absolute atomic E-state index is 11.9. The number of ether oxygens (including phenoxy) is 1. The highest BCUT2D eigenvalue weighted by molar-refractivity contribution is 5.76. The van der Waals surface area contributed by atoms with Gasteiger partial charge < -0.3 is 15.8 Å². The van der Waals surface area contributed by atoms with Crippen LogP contribution >= 0.6 is 0 Å². The first-order chi connectivity index (χ1) is 9.22. The number of rotatable bonds is 9. The molecule has 0 spiro atoms. The van der Waals surface area contributed by atoms with E-state index in [1.165, 1.54) is 19.3 Å². The van der Waals surface area contributed by atoms with Gasteiger partial charge in [-0.15, -0.1) is 6.58 Å². The summed E-state index contributed by atoms with van der Waals surface area (Å²) in [5.74, 6) is 0.111. The van der Waals surface area contributed by atoms with Crippen LogP contribution < -0.4 is 11.1 Å². The average Bonchev–Trinajstić information content (AvgIpc) is 2.43. The van der Waals surface area contributed by atoms with Crippen molar-refractivity contribution in [2.24, 2.45) is 11.1 Å². The van der Waals surface area contributed by atoms with E-state index in [1.54, 1.807) is 0 Å². The Balaban J connectivity index is 2.16.